The molecule has 2 rings (SSSR count). The summed E-state index contributed by atoms with van der Waals surface area (Å²) in [5.41, 5.74) is 0. The highest BCUT2D eigenvalue weighted by molar-refractivity contribution is 7.15. The first-order valence-corrected chi connectivity index (χ1v) is 6.62. The van der Waals surface area contributed by atoms with Crippen molar-refractivity contribution in [2.75, 3.05) is 13.2 Å². The molecule has 0 spiro atoms. The highest BCUT2D eigenvalue weighted by atomic mass is 32.1. The largest absolute Gasteiger partial charge is 0.477 e. The fourth-order valence-electron chi connectivity index (χ4n) is 1.93. The first-order chi connectivity index (χ1) is 8.58. The molecule has 1 aliphatic rings. The van der Waals surface area contributed by atoms with Gasteiger partial charge in [0.1, 0.15) is 4.88 Å². The van der Waals surface area contributed by atoms with Crippen LogP contribution in [-0.2, 0) is 4.74 Å². The second-order valence-electron chi connectivity index (χ2n) is 4.30. The molecule has 18 heavy (non-hydrogen) atoms. The molecular formula is C12H15NO4S. The van der Waals surface area contributed by atoms with Crippen molar-refractivity contribution >= 4 is 23.2 Å². The summed E-state index contributed by atoms with van der Waals surface area (Å²) < 4.78 is 5.41. The molecule has 0 aromatic carbocycles. The van der Waals surface area contributed by atoms with Crippen LogP contribution in [0.4, 0.5) is 0 Å². The molecule has 2 heterocycles. The molecule has 1 aromatic heterocycles. The summed E-state index contributed by atoms with van der Waals surface area (Å²) in [5.74, 6) is -0.878. The van der Waals surface area contributed by atoms with Crippen LogP contribution < -0.4 is 5.32 Å². The van der Waals surface area contributed by atoms with E-state index in [1.165, 1.54) is 12.1 Å². The lowest BCUT2D eigenvalue weighted by atomic mass is 10.0. The highest BCUT2D eigenvalue weighted by Crippen LogP contribution is 2.20. The zero-order valence-electron chi connectivity index (χ0n) is 10.0. The van der Waals surface area contributed by atoms with E-state index in [4.69, 9.17) is 9.84 Å². The maximum Gasteiger partial charge on any atom is 0.345 e. The van der Waals surface area contributed by atoms with Crippen LogP contribution in [0.1, 0.15) is 32.7 Å². The Morgan fingerprint density at radius 1 is 1.50 bits per heavy atom. The van der Waals surface area contributed by atoms with Gasteiger partial charge >= 0.3 is 5.97 Å². The van der Waals surface area contributed by atoms with E-state index in [2.05, 4.69) is 5.32 Å². The molecule has 0 aliphatic carbocycles. The van der Waals surface area contributed by atoms with Gasteiger partial charge in [-0.2, -0.15) is 0 Å². The summed E-state index contributed by atoms with van der Waals surface area (Å²) in [6.07, 6.45) is 1.12. The molecule has 98 valence electrons. The molecule has 2 atom stereocenters. The summed E-state index contributed by atoms with van der Waals surface area (Å²) in [6, 6.07) is 2.99. The predicted molar refractivity (Wildman–Crippen MR) is 67.1 cm³/mol. The molecule has 0 saturated carbocycles. The molecule has 5 nitrogen and oxygen atoms in total. The van der Waals surface area contributed by atoms with Gasteiger partial charge in [0.25, 0.3) is 5.91 Å². The van der Waals surface area contributed by atoms with Crippen molar-refractivity contribution in [1.29, 1.82) is 0 Å². The van der Waals surface area contributed by atoms with Crippen molar-refractivity contribution in [1.82, 2.24) is 5.32 Å². The average molecular weight is 269 g/mol. The molecule has 1 aromatic rings. The number of hydrogen-bond acceptors (Lipinski definition) is 4. The van der Waals surface area contributed by atoms with Gasteiger partial charge < -0.3 is 15.2 Å². The molecule has 1 aliphatic heterocycles. The van der Waals surface area contributed by atoms with E-state index < -0.39 is 5.97 Å². The van der Waals surface area contributed by atoms with Crippen molar-refractivity contribution in [3.8, 4) is 0 Å². The minimum absolute atomic E-state index is 0.170. The Morgan fingerprint density at radius 2 is 2.22 bits per heavy atom. The number of carboxylic acid groups (broad SMARTS) is 1. The Hall–Kier alpha value is -1.40. The molecule has 1 amide bonds. The van der Waals surface area contributed by atoms with Crippen LogP contribution >= 0.6 is 11.3 Å². The molecular weight excluding hydrogens is 254 g/mol. The normalized spacial score (nSPS) is 22.9. The van der Waals surface area contributed by atoms with E-state index in [0.717, 1.165) is 24.4 Å². The fraction of sp³-hybridized carbons (Fsp3) is 0.500. The van der Waals surface area contributed by atoms with Gasteiger partial charge in [0.15, 0.2) is 0 Å². The number of carbonyl (C=O) groups is 2. The van der Waals surface area contributed by atoms with Crippen molar-refractivity contribution in [3.05, 3.63) is 21.9 Å². The molecule has 1 fully saturated rings. The Kier molecular flexibility index (Phi) is 3.98. The van der Waals surface area contributed by atoms with Gasteiger partial charge in [-0.05, 0) is 25.5 Å². The third kappa shape index (κ3) is 2.88. The minimum atomic E-state index is -1.00. The minimum Gasteiger partial charge on any atom is -0.477 e. The maximum absolute atomic E-state index is 11.8. The second-order valence-corrected chi connectivity index (χ2v) is 5.39. The summed E-state index contributed by atoms with van der Waals surface area (Å²) >= 11 is 0.990. The van der Waals surface area contributed by atoms with E-state index >= 15 is 0 Å². The smallest absolute Gasteiger partial charge is 0.345 e. The Balaban J connectivity index is 1.89. The number of amides is 1. The zero-order chi connectivity index (χ0) is 13.1. The van der Waals surface area contributed by atoms with Crippen LogP contribution in [0.3, 0.4) is 0 Å². The molecule has 1 saturated heterocycles. The summed E-state index contributed by atoms with van der Waals surface area (Å²) in [5, 5.41) is 11.6. The molecule has 0 radical (unpaired) electrons. The first-order valence-electron chi connectivity index (χ1n) is 5.81. The van der Waals surface area contributed by atoms with Gasteiger partial charge in [-0.3, -0.25) is 4.79 Å². The number of ether oxygens (including phenoxy) is 1. The predicted octanol–water partition coefficient (Wildman–Crippen LogP) is 1.60. The molecule has 6 heteroatoms. The highest BCUT2D eigenvalue weighted by Gasteiger charge is 2.24. The Bertz CT molecular complexity index is 457. The van der Waals surface area contributed by atoms with Crippen LogP contribution in [0.2, 0.25) is 0 Å². The van der Waals surface area contributed by atoms with E-state index in [-0.39, 0.29) is 16.9 Å². The van der Waals surface area contributed by atoms with Crippen LogP contribution in [0.5, 0.6) is 0 Å². The van der Waals surface area contributed by atoms with Crippen LogP contribution in [0, 0.1) is 5.92 Å². The standard InChI is InChI=1S/C12H15NO4S/c1-7-8(4-5-17-7)6-13-11(14)9-2-3-10(18-9)12(15)16/h2-3,7-8H,4-6H2,1H3,(H,13,14)(H,15,16). The lowest BCUT2D eigenvalue weighted by molar-refractivity contribution is 0.0702. The summed E-state index contributed by atoms with van der Waals surface area (Å²) in [6.45, 7) is 3.31. The number of carboxylic acids is 1. The monoisotopic (exact) mass is 269 g/mol. The number of rotatable bonds is 4. The van der Waals surface area contributed by atoms with Crippen LogP contribution in [0.25, 0.3) is 0 Å². The van der Waals surface area contributed by atoms with Gasteiger partial charge in [-0.25, -0.2) is 4.79 Å². The Morgan fingerprint density at radius 3 is 2.78 bits per heavy atom. The van der Waals surface area contributed by atoms with Crippen molar-refractivity contribution < 1.29 is 19.4 Å². The molecule has 2 N–H and O–H groups in total. The van der Waals surface area contributed by atoms with Crippen molar-refractivity contribution in [2.45, 2.75) is 19.4 Å². The van der Waals surface area contributed by atoms with E-state index in [0.29, 0.717) is 17.3 Å². The Labute approximate surface area is 109 Å². The lowest BCUT2D eigenvalue weighted by Crippen LogP contribution is -2.31. The molecule has 2 unspecified atom stereocenters. The lowest BCUT2D eigenvalue weighted by Gasteiger charge is -2.14. The number of thiophene rings is 1. The van der Waals surface area contributed by atoms with E-state index in [9.17, 15) is 9.59 Å². The maximum atomic E-state index is 11.8. The third-order valence-corrected chi connectivity index (χ3v) is 4.17. The number of nitrogens with one attached hydrogen (secondary N) is 1. The first kappa shape index (κ1) is 13.0. The number of hydrogen-bond donors (Lipinski definition) is 2. The second kappa shape index (κ2) is 5.49. The van der Waals surface area contributed by atoms with Crippen LogP contribution in [-0.4, -0.2) is 36.2 Å². The fourth-order valence-corrected chi connectivity index (χ4v) is 2.69. The van der Waals surface area contributed by atoms with Gasteiger partial charge in [-0.15, -0.1) is 11.3 Å². The van der Waals surface area contributed by atoms with Gasteiger partial charge in [-0.1, -0.05) is 0 Å². The number of carbonyl (C=O) groups excluding carboxylic acids is 1. The van der Waals surface area contributed by atoms with Crippen molar-refractivity contribution in [2.24, 2.45) is 5.92 Å². The van der Waals surface area contributed by atoms with E-state index in [1.54, 1.807) is 0 Å². The van der Waals surface area contributed by atoms with Gasteiger partial charge in [0.05, 0.1) is 11.0 Å². The topological polar surface area (TPSA) is 75.6 Å². The van der Waals surface area contributed by atoms with Gasteiger partial charge in [0.2, 0.25) is 0 Å². The SMILES string of the molecule is CC1OCCC1CNC(=O)c1ccc(C(=O)O)s1. The van der Waals surface area contributed by atoms with Gasteiger partial charge in [0, 0.05) is 19.1 Å². The van der Waals surface area contributed by atoms with Crippen molar-refractivity contribution in [3.63, 3.8) is 0 Å². The summed E-state index contributed by atoms with van der Waals surface area (Å²) in [7, 11) is 0. The van der Waals surface area contributed by atoms with Crippen LogP contribution in [0.15, 0.2) is 12.1 Å². The molecule has 0 bridgehead atoms. The zero-order valence-corrected chi connectivity index (χ0v) is 10.8. The third-order valence-electron chi connectivity index (χ3n) is 3.10. The number of aromatic carboxylic acids is 1. The quantitative estimate of drug-likeness (QED) is 0.870. The van der Waals surface area contributed by atoms with E-state index in [1.807, 2.05) is 6.92 Å². The average Bonchev–Trinajstić information content (AvgIpc) is 2.94. The summed E-state index contributed by atoms with van der Waals surface area (Å²) in [4.78, 5) is 23.1.